The molecule has 0 saturated carbocycles. The maximum absolute atomic E-state index is 11.7. The molecule has 0 amide bonds. The summed E-state index contributed by atoms with van der Waals surface area (Å²) in [5, 5.41) is 0. The van der Waals surface area contributed by atoms with E-state index in [0.29, 0.717) is 30.5 Å². The van der Waals surface area contributed by atoms with Gasteiger partial charge >= 0.3 is 5.97 Å². The lowest BCUT2D eigenvalue weighted by molar-refractivity contribution is 0.0596. The number of fused-ring (bicyclic) bond motifs is 1. The second-order valence-corrected chi connectivity index (χ2v) is 3.67. The Morgan fingerprint density at radius 3 is 2.81 bits per heavy atom. The molecule has 5 nitrogen and oxygen atoms in total. The van der Waals surface area contributed by atoms with E-state index in [1.54, 1.807) is 0 Å². The van der Waals surface area contributed by atoms with Gasteiger partial charge in [0, 0.05) is 18.2 Å². The minimum atomic E-state index is -0.641. The number of H-pyrrole nitrogens is 1. The van der Waals surface area contributed by atoms with Crippen LogP contribution in [0.1, 0.15) is 39.3 Å². The molecule has 2 rings (SSSR count). The molecular formula is C11H11NO4. The number of methoxy groups -OCH3 is 1. The highest BCUT2D eigenvalue weighted by atomic mass is 16.5. The number of ketones is 1. The molecule has 0 bridgehead atoms. The lowest BCUT2D eigenvalue weighted by Gasteiger charge is -2.16. The van der Waals surface area contributed by atoms with Gasteiger partial charge in [0.15, 0.2) is 5.78 Å². The smallest absolute Gasteiger partial charge is 0.338 e. The number of aromatic nitrogens is 1. The van der Waals surface area contributed by atoms with E-state index in [-0.39, 0.29) is 16.9 Å². The van der Waals surface area contributed by atoms with Crippen LogP contribution in [0.15, 0.2) is 10.9 Å². The number of rotatable bonds is 1. The Labute approximate surface area is 91.4 Å². The first kappa shape index (κ1) is 10.6. The molecule has 5 heteroatoms. The lowest BCUT2D eigenvalue weighted by atomic mass is 9.91. The highest BCUT2D eigenvalue weighted by molar-refractivity contribution is 6.07. The Morgan fingerprint density at radius 1 is 1.38 bits per heavy atom. The van der Waals surface area contributed by atoms with Gasteiger partial charge in [0.2, 0.25) is 5.56 Å². The molecule has 84 valence electrons. The largest absolute Gasteiger partial charge is 0.465 e. The summed E-state index contributed by atoms with van der Waals surface area (Å²) in [6, 6.07) is 1.12. The molecular weight excluding hydrogens is 210 g/mol. The van der Waals surface area contributed by atoms with Crippen molar-refractivity contribution in [1.29, 1.82) is 0 Å². The number of pyridine rings is 1. The van der Waals surface area contributed by atoms with Gasteiger partial charge in [-0.3, -0.25) is 9.59 Å². The average Bonchev–Trinajstić information content (AvgIpc) is 2.27. The van der Waals surface area contributed by atoms with Crippen molar-refractivity contribution >= 4 is 11.8 Å². The van der Waals surface area contributed by atoms with E-state index in [0.717, 1.165) is 6.07 Å². The Balaban J connectivity index is 2.68. The number of Topliss-reactive ketones (excluding diaryl/α,β-unsaturated/α-hetero) is 1. The third-order valence-corrected chi connectivity index (χ3v) is 2.64. The Hall–Kier alpha value is -1.91. The third kappa shape index (κ3) is 1.64. The van der Waals surface area contributed by atoms with Crippen LogP contribution in [-0.4, -0.2) is 23.8 Å². The van der Waals surface area contributed by atoms with E-state index >= 15 is 0 Å². The Bertz CT molecular complexity index is 515. The molecule has 16 heavy (non-hydrogen) atoms. The zero-order valence-electron chi connectivity index (χ0n) is 8.83. The van der Waals surface area contributed by atoms with Crippen LogP contribution in [0.25, 0.3) is 0 Å². The van der Waals surface area contributed by atoms with Crippen molar-refractivity contribution in [3.8, 4) is 0 Å². The third-order valence-electron chi connectivity index (χ3n) is 2.64. The van der Waals surface area contributed by atoms with Gasteiger partial charge in [-0.2, -0.15) is 0 Å². The van der Waals surface area contributed by atoms with Gasteiger partial charge in [-0.1, -0.05) is 0 Å². The number of esters is 1. The first-order valence-electron chi connectivity index (χ1n) is 5.01. The van der Waals surface area contributed by atoms with Crippen LogP contribution in [-0.2, 0) is 11.2 Å². The highest BCUT2D eigenvalue weighted by Crippen LogP contribution is 2.21. The zero-order valence-corrected chi connectivity index (χ0v) is 8.83. The first-order valence-corrected chi connectivity index (χ1v) is 5.01. The van der Waals surface area contributed by atoms with Crippen LogP contribution in [0.4, 0.5) is 0 Å². The molecule has 1 N–H and O–H groups in total. The normalized spacial score (nSPS) is 14.4. The van der Waals surface area contributed by atoms with Crippen molar-refractivity contribution in [2.24, 2.45) is 0 Å². The van der Waals surface area contributed by atoms with Gasteiger partial charge in [-0.15, -0.1) is 0 Å². The molecule has 1 aliphatic rings. The fourth-order valence-corrected chi connectivity index (χ4v) is 1.94. The molecule has 0 unspecified atom stereocenters. The minimum absolute atomic E-state index is 0.0750. The molecule has 1 aromatic rings. The molecule has 1 aromatic heterocycles. The second kappa shape index (κ2) is 3.92. The molecule has 0 fully saturated rings. The van der Waals surface area contributed by atoms with Gasteiger partial charge in [0.25, 0.3) is 0 Å². The van der Waals surface area contributed by atoms with Gasteiger partial charge in [0.1, 0.15) is 0 Å². The maximum atomic E-state index is 11.7. The summed E-state index contributed by atoms with van der Waals surface area (Å²) in [6.45, 7) is 0. The molecule has 0 spiro atoms. The minimum Gasteiger partial charge on any atom is -0.465 e. The molecule has 0 atom stereocenters. The fourth-order valence-electron chi connectivity index (χ4n) is 1.94. The van der Waals surface area contributed by atoms with Crippen LogP contribution < -0.4 is 5.56 Å². The monoisotopic (exact) mass is 221 g/mol. The van der Waals surface area contributed by atoms with E-state index in [1.807, 2.05) is 0 Å². The first-order chi connectivity index (χ1) is 7.63. The summed E-state index contributed by atoms with van der Waals surface area (Å²) in [7, 11) is 1.23. The average molecular weight is 221 g/mol. The standard InChI is InChI=1S/C11H11NO4/c1-16-11(15)6-5-9(14)12-7-3-2-4-8(13)10(6)7/h5H,2-4H2,1H3,(H,12,14). The molecule has 0 saturated heterocycles. The highest BCUT2D eigenvalue weighted by Gasteiger charge is 2.25. The summed E-state index contributed by atoms with van der Waals surface area (Å²) in [4.78, 5) is 37.1. The Kier molecular flexibility index (Phi) is 2.60. The van der Waals surface area contributed by atoms with Crippen molar-refractivity contribution in [3.05, 3.63) is 33.2 Å². The van der Waals surface area contributed by atoms with Crippen LogP contribution in [0.3, 0.4) is 0 Å². The molecule has 1 heterocycles. The maximum Gasteiger partial charge on any atom is 0.338 e. The van der Waals surface area contributed by atoms with Crippen LogP contribution in [0.5, 0.6) is 0 Å². The number of aryl methyl sites for hydroxylation is 1. The van der Waals surface area contributed by atoms with Gasteiger partial charge < -0.3 is 9.72 Å². The summed E-state index contributed by atoms with van der Waals surface area (Å²) in [6.07, 6.45) is 1.72. The number of nitrogens with one attached hydrogen (secondary N) is 1. The number of aromatic amines is 1. The molecule has 1 aliphatic carbocycles. The zero-order chi connectivity index (χ0) is 11.7. The van der Waals surface area contributed by atoms with Crippen molar-refractivity contribution < 1.29 is 14.3 Å². The molecule has 0 radical (unpaired) electrons. The summed E-state index contributed by atoms with van der Waals surface area (Å²) in [5.74, 6) is -0.754. The van der Waals surface area contributed by atoms with Crippen molar-refractivity contribution in [2.45, 2.75) is 19.3 Å². The van der Waals surface area contributed by atoms with E-state index in [4.69, 9.17) is 0 Å². The SMILES string of the molecule is COC(=O)c1cc(=O)[nH]c2c1C(=O)CCC2. The van der Waals surface area contributed by atoms with Crippen LogP contribution in [0, 0.1) is 0 Å². The number of ether oxygens (including phenoxy) is 1. The number of carbonyl (C=O) groups excluding carboxylic acids is 2. The fraction of sp³-hybridized carbons (Fsp3) is 0.364. The lowest BCUT2D eigenvalue weighted by Crippen LogP contribution is -2.23. The van der Waals surface area contributed by atoms with E-state index < -0.39 is 5.97 Å². The number of carbonyl (C=O) groups is 2. The van der Waals surface area contributed by atoms with Crippen LogP contribution >= 0.6 is 0 Å². The topological polar surface area (TPSA) is 76.2 Å². The number of hydrogen-bond donors (Lipinski definition) is 1. The summed E-state index contributed by atoms with van der Waals surface area (Å²) < 4.78 is 4.56. The van der Waals surface area contributed by atoms with Gasteiger partial charge in [0.05, 0.1) is 18.2 Å². The molecule has 0 aromatic carbocycles. The molecule has 0 aliphatic heterocycles. The summed E-state index contributed by atoms with van der Waals surface area (Å²) in [5.41, 5.74) is 0.557. The predicted octanol–water partition coefficient (Wildman–Crippen LogP) is 0.681. The second-order valence-electron chi connectivity index (χ2n) is 3.67. The van der Waals surface area contributed by atoms with Crippen molar-refractivity contribution in [3.63, 3.8) is 0 Å². The van der Waals surface area contributed by atoms with Gasteiger partial charge in [-0.25, -0.2) is 4.79 Å². The Morgan fingerprint density at radius 2 is 2.12 bits per heavy atom. The van der Waals surface area contributed by atoms with Gasteiger partial charge in [-0.05, 0) is 12.8 Å². The predicted molar refractivity (Wildman–Crippen MR) is 55.7 cm³/mol. The van der Waals surface area contributed by atoms with Crippen LogP contribution in [0.2, 0.25) is 0 Å². The van der Waals surface area contributed by atoms with E-state index in [1.165, 1.54) is 7.11 Å². The summed E-state index contributed by atoms with van der Waals surface area (Å²) >= 11 is 0. The van der Waals surface area contributed by atoms with Crippen molar-refractivity contribution in [1.82, 2.24) is 4.98 Å². The number of hydrogen-bond acceptors (Lipinski definition) is 4. The van der Waals surface area contributed by atoms with E-state index in [9.17, 15) is 14.4 Å². The van der Waals surface area contributed by atoms with Crippen molar-refractivity contribution in [2.75, 3.05) is 7.11 Å². The van der Waals surface area contributed by atoms with E-state index in [2.05, 4.69) is 9.72 Å². The quantitative estimate of drug-likeness (QED) is 0.707.